The van der Waals surface area contributed by atoms with Crippen molar-refractivity contribution in [1.82, 2.24) is 5.32 Å². The number of nitrogens with zero attached hydrogens (tertiary/aromatic N) is 1. The lowest BCUT2D eigenvalue weighted by molar-refractivity contribution is 0.528. The van der Waals surface area contributed by atoms with E-state index in [9.17, 15) is 0 Å². The zero-order valence-corrected chi connectivity index (χ0v) is 12.4. The Labute approximate surface area is 116 Å². The Morgan fingerprint density at radius 1 is 1.53 bits per heavy atom. The number of hydrogen-bond donors (Lipinski definition) is 1. The van der Waals surface area contributed by atoms with E-state index < -0.39 is 0 Å². The molecule has 1 aromatic rings. The van der Waals surface area contributed by atoms with Crippen LogP contribution in [0.5, 0.6) is 0 Å². The molecule has 1 aliphatic heterocycles. The van der Waals surface area contributed by atoms with Crippen LogP contribution in [0, 0.1) is 5.92 Å². The quantitative estimate of drug-likeness (QED) is 0.914. The van der Waals surface area contributed by atoms with Gasteiger partial charge in [-0.15, -0.1) is 0 Å². The minimum absolute atomic E-state index is 0.745. The maximum Gasteiger partial charge on any atom is 0.0650 e. The van der Waals surface area contributed by atoms with Gasteiger partial charge in [-0.1, -0.05) is 34.5 Å². The summed E-state index contributed by atoms with van der Waals surface area (Å²) in [5, 5.41) is 4.26. The molecule has 2 nitrogen and oxygen atoms in total. The average Bonchev–Trinajstić information content (AvgIpc) is 2.75. The molecule has 0 aliphatic carbocycles. The Kier molecular flexibility index (Phi) is 4.71. The first kappa shape index (κ1) is 13.2. The number of benzene rings is 1. The smallest absolute Gasteiger partial charge is 0.0650 e. The number of nitrogens with one attached hydrogen (secondary N) is 1. The summed E-state index contributed by atoms with van der Waals surface area (Å²) in [6.07, 6.45) is 1.25. The first-order valence-corrected chi connectivity index (χ1v) is 7.28. The van der Waals surface area contributed by atoms with Gasteiger partial charge >= 0.3 is 0 Å². The van der Waals surface area contributed by atoms with Gasteiger partial charge in [0, 0.05) is 17.6 Å². The normalized spacial score (nSPS) is 19.9. The Hall–Kier alpha value is -0.250. The highest BCUT2D eigenvalue weighted by Crippen LogP contribution is 2.32. The molecule has 2 rings (SSSR count). The average molecular weight is 318 g/mol. The topological polar surface area (TPSA) is 15.3 Å². The molecular weight excluding hydrogens is 300 g/mol. The second-order valence-electron chi connectivity index (χ2n) is 4.50. The summed E-state index contributed by atoms with van der Waals surface area (Å²) in [6, 6.07) is 6.12. The molecule has 1 aromatic carbocycles. The van der Waals surface area contributed by atoms with Crippen LogP contribution in [0.15, 0.2) is 22.7 Å². The maximum atomic E-state index is 6.27. The van der Waals surface area contributed by atoms with Gasteiger partial charge in [0.2, 0.25) is 0 Å². The van der Waals surface area contributed by atoms with Crippen molar-refractivity contribution in [3.05, 3.63) is 27.7 Å². The van der Waals surface area contributed by atoms with E-state index in [0.29, 0.717) is 0 Å². The van der Waals surface area contributed by atoms with Crippen LogP contribution < -0.4 is 10.2 Å². The zero-order valence-electron chi connectivity index (χ0n) is 10.0. The van der Waals surface area contributed by atoms with Crippen molar-refractivity contribution in [2.24, 2.45) is 5.92 Å². The second kappa shape index (κ2) is 6.07. The highest BCUT2D eigenvalue weighted by atomic mass is 79.9. The lowest BCUT2D eigenvalue weighted by atomic mass is 10.1. The number of anilines is 1. The Morgan fingerprint density at radius 2 is 2.35 bits per heavy atom. The van der Waals surface area contributed by atoms with Crippen molar-refractivity contribution < 1.29 is 0 Å². The van der Waals surface area contributed by atoms with E-state index in [0.717, 1.165) is 47.3 Å². The van der Waals surface area contributed by atoms with Crippen molar-refractivity contribution in [2.45, 2.75) is 13.3 Å². The molecule has 0 saturated carbocycles. The van der Waals surface area contributed by atoms with E-state index in [1.54, 1.807) is 0 Å². The van der Waals surface area contributed by atoms with Crippen LogP contribution in [-0.4, -0.2) is 26.2 Å². The fraction of sp³-hybridized carbons (Fsp3) is 0.538. The van der Waals surface area contributed by atoms with E-state index >= 15 is 0 Å². The van der Waals surface area contributed by atoms with Crippen LogP contribution in [-0.2, 0) is 0 Å². The largest absolute Gasteiger partial charge is 0.370 e. The van der Waals surface area contributed by atoms with Crippen LogP contribution in [0.1, 0.15) is 13.3 Å². The molecule has 0 amide bonds. The standard InChI is InChI=1S/C13H18BrClN2/c1-2-16-8-10-5-6-17(9-10)13-4-3-11(14)7-12(13)15/h3-4,7,10,16H,2,5-6,8-9H2,1H3. The summed E-state index contributed by atoms with van der Waals surface area (Å²) >= 11 is 9.71. The molecule has 1 N–H and O–H groups in total. The number of rotatable bonds is 4. The minimum atomic E-state index is 0.745. The van der Waals surface area contributed by atoms with Gasteiger partial charge in [0.05, 0.1) is 10.7 Å². The molecule has 4 heteroatoms. The molecule has 0 radical (unpaired) electrons. The summed E-state index contributed by atoms with van der Waals surface area (Å²) in [4.78, 5) is 2.39. The molecule has 1 fully saturated rings. The van der Waals surface area contributed by atoms with E-state index in [1.807, 2.05) is 6.07 Å². The number of halogens is 2. The predicted molar refractivity (Wildman–Crippen MR) is 78.0 cm³/mol. The summed E-state index contributed by atoms with van der Waals surface area (Å²) in [6.45, 7) is 6.53. The van der Waals surface area contributed by atoms with Crippen LogP contribution in [0.2, 0.25) is 5.02 Å². The van der Waals surface area contributed by atoms with Gasteiger partial charge in [0.15, 0.2) is 0 Å². The van der Waals surface area contributed by atoms with Gasteiger partial charge < -0.3 is 10.2 Å². The van der Waals surface area contributed by atoms with Gasteiger partial charge in [-0.3, -0.25) is 0 Å². The van der Waals surface area contributed by atoms with Gasteiger partial charge in [0.25, 0.3) is 0 Å². The molecule has 1 atom stereocenters. The monoisotopic (exact) mass is 316 g/mol. The van der Waals surface area contributed by atoms with Gasteiger partial charge in [-0.25, -0.2) is 0 Å². The van der Waals surface area contributed by atoms with Crippen molar-refractivity contribution in [1.29, 1.82) is 0 Å². The summed E-state index contributed by atoms with van der Waals surface area (Å²) in [5.41, 5.74) is 1.16. The lowest BCUT2D eigenvalue weighted by Crippen LogP contribution is -2.26. The van der Waals surface area contributed by atoms with Gasteiger partial charge in [-0.05, 0) is 43.6 Å². The van der Waals surface area contributed by atoms with Gasteiger partial charge in [0.1, 0.15) is 0 Å². The molecule has 1 unspecified atom stereocenters. The fourth-order valence-corrected chi connectivity index (χ4v) is 3.10. The van der Waals surface area contributed by atoms with Crippen molar-refractivity contribution in [3.63, 3.8) is 0 Å². The fourth-order valence-electron chi connectivity index (χ4n) is 2.30. The molecule has 0 bridgehead atoms. The Balaban J connectivity index is 2.00. The molecule has 1 saturated heterocycles. The van der Waals surface area contributed by atoms with E-state index in [1.165, 1.54) is 6.42 Å². The third-order valence-corrected chi connectivity index (χ3v) is 4.02. The Morgan fingerprint density at radius 3 is 3.06 bits per heavy atom. The van der Waals surface area contributed by atoms with Crippen LogP contribution in [0.3, 0.4) is 0 Å². The van der Waals surface area contributed by atoms with E-state index in [4.69, 9.17) is 11.6 Å². The Bertz CT molecular complexity index is 384. The van der Waals surface area contributed by atoms with Crippen LogP contribution in [0.25, 0.3) is 0 Å². The number of hydrogen-bond acceptors (Lipinski definition) is 2. The minimum Gasteiger partial charge on any atom is -0.370 e. The van der Waals surface area contributed by atoms with E-state index in [2.05, 4.69) is 45.2 Å². The zero-order chi connectivity index (χ0) is 12.3. The molecule has 0 aromatic heterocycles. The van der Waals surface area contributed by atoms with Crippen LogP contribution >= 0.6 is 27.5 Å². The van der Waals surface area contributed by atoms with Crippen molar-refractivity contribution in [3.8, 4) is 0 Å². The predicted octanol–water partition coefficient (Wildman–Crippen LogP) is 3.54. The molecular formula is C13H18BrClN2. The second-order valence-corrected chi connectivity index (χ2v) is 5.83. The maximum absolute atomic E-state index is 6.27. The van der Waals surface area contributed by atoms with Gasteiger partial charge in [-0.2, -0.15) is 0 Å². The summed E-state index contributed by atoms with van der Waals surface area (Å²) in [7, 11) is 0. The molecule has 17 heavy (non-hydrogen) atoms. The SMILES string of the molecule is CCNCC1CCN(c2ccc(Br)cc2Cl)C1. The molecule has 1 heterocycles. The molecule has 94 valence electrons. The summed E-state index contributed by atoms with van der Waals surface area (Å²) in [5.74, 6) is 0.745. The third kappa shape index (κ3) is 3.36. The summed E-state index contributed by atoms with van der Waals surface area (Å²) < 4.78 is 1.04. The first-order valence-electron chi connectivity index (χ1n) is 6.11. The highest BCUT2D eigenvalue weighted by molar-refractivity contribution is 9.10. The van der Waals surface area contributed by atoms with E-state index in [-0.39, 0.29) is 0 Å². The lowest BCUT2D eigenvalue weighted by Gasteiger charge is -2.20. The molecule has 1 aliphatic rings. The molecule has 0 spiro atoms. The van der Waals surface area contributed by atoms with Crippen molar-refractivity contribution in [2.75, 3.05) is 31.1 Å². The van der Waals surface area contributed by atoms with Crippen molar-refractivity contribution >= 4 is 33.2 Å². The van der Waals surface area contributed by atoms with Crippen LogP contribution in [0.4, 0.5) is 5.69 Å². The first-order chi connectivity index (χ1) is 8.20. The third-order valence-electron chi connectivity index (χ3n) is 3.22. The highest BCUT2D eigenvalue weighted by Gasteiger charge is 2.23.